The number of H-pyrrole nitrogens is 1. The van der Waals surface area contributed by atoms with Crippen LogP contribution in [0.2, 0.25) is 0 Å². The molecule has 0 bridgehead atoms. The van der Waals surface area contributed by atoms with Gasteiger partial charge in [-0.2, -0.15) is 0 Å². The molecule has 1 aromatic heterocycles. The number of nitrogens with one attached hydrogen (secondary N) is 2. The van der Waals surface area contributed by atoms with Crippen LogP contribution >= 0.6 is 0 Å². The zero-order valence-corrected chi connectivity index (χ0v) is 11.1. The molecule has 0 aliphatic carbocycles. The van der Waals surface area contributed by atoms with Crippen molar-refractivity contribution in [3.63, 3.8) is 0 Å². The number of amides is 1. The second-order valence-electron chi connectivity index (χ2n) is 4.20. The number of imidazole rings is 1. The number of carbonyl (C=O) groups excluding carboxylic acids is 1. The predicted octanol–water partition coefficient (Wildman–Crippen LogP) is 0.992. The van der Waals surface area contributed by atoms with Crippen molar-refractivity contribution in [3.05, 3.63) is 53.1 Å². The topological polar surface area (TPSA) is 78.0 Å². The Morgan fingerprint density at radius 3 is 3.05 bits per heavy atom. The highest BCUT2D eigenvalue weighted by Crippen LogP contribution is 2.13. The van der Waals surface area contributed by atoms with Gasteiger partial charge in [0.1, 0.15) is 6.61 Å². The molecule has 102 valence electrons. The second kappa shape index (κ2) is 6.55. The number of benzene rings is 1. The van der Waals surface area contributed by atoms with Gasteiger partial charge in [-0.25, -0.2) is 4.98 Å². The van der Waals surface area contributed by atoms with Gasteiger partial charge in [-0.3, -0.25) is 4.79 Å². The Balaban J connectivity index is 2.13. The van der Waals surface area contributed by atoms with E-state index in [2.05, 4.69) is 27.1 Å². The van der Waals surface area contributed by atoms with Crippen LogP contribution in [-0.4, -0.2) is 27.6 Å². The smallest absolute Gasteiger partial charge is 0.251 e. The van der Waals surface area contributed by atoms with Crippen LogP contribution < -0.4 is 5.32 Å². The zero-order valence-electron chi connectivity index (χ0n) is 11.1. The van der Waals surface area contributed by atoms with E-state index in [9.17, 15) is 4.79 Å². The van der Waals surface area contributed by atoms with Gasteiger partial charge in [-0.05, 0) is 24.6 Å². The Kier molecular flexibility index (Phi) is 4.53. The summed E-state index contributed by atoms with van der Waals surface area (Å²) < 4.78 is 0. The number of aliphatic hydroxyl groups excluding tert-OH is 1. The maximum absolute atomic E-state index is 12.1. The Bertz CT molecular complexity index is 651. The minimum Gasteiger partial charge on any atom is -0.384 e. The van der Waals surface area contributed by atoms with Crippen molar-refractivity contribution in [2.45, 2.75) is 13.5 Å². The highest BCUT2D eigenvalue weighted by molar-refractivity contribution is 5.96. The summed E-state index contributed by atoms with van der Waals surface area (Å²) >= 11 is 0. The van der Waals surface area contributed by atoms with Gasteiger partial charge in [0.2, 0.25) is 0 Å². The van der Waals surface area contributed by atoms with Gasteiger partial charge in [-0.1, -0.05) is 17.9 Å². The molecule has 0 radical (unpaired) electrons. The summed E-state index contributed by atoms with van der Waals surface area (Å²) in [6, 6.07) is 5.35. The lowest BCUT2D eigenvalue weighted by Crippen LogP contribution is -2.24. The summed E-state index contributed by atoms with van der Waals surface area (Å²) in [5, 5.41) is 11.5. The molecule has 0 aliphatic heterocycles. The maximum atomic E-state index is 12.1. The molecule has 0 spiro atoms. The van der Waals surface area contributed by atoms with Gasteiger partial charge >= 0.3 is 0 Å². The minimum absolute atomic E-state index is 0.162. The molecule has 0 saturated carbocycles. The third-order valence-electron chi connectivity index (χ3n) is 2.87. The number of aromatic nitrogens is 2. The third-order valence-corrected chi connectivity index (χ3v) is 2.87. The van der Waals surface area contributed by atoms with Crippen LogP contribution in [0.5, 0.6) is 0 Å². The second-order valence-corrected chi connectivity index (χ2v) is 4.20. The van der Waals surface area contributed by atoms with Crippen LogP contribution in [0.15, 0.2) is 30.7 Å². The van der Waals surface area contributed by atoms with E-state index >= 15 is 0 Å². The van der Waals surface area contributed by atoms with Crippen LogP contribution in [-0.2, 0) is 6.54 Å². The average Bonchev–Trinajstić information content (AvgIpc) is 2.97. The number of nitrogens with zero attached hydrogens (tertiary/aromatic N) is 1. The molecule has 2 rings (SSSR count). The summed E-state index contributed by atoms with van der Waals surface area (Å²) in [6.45, 7) is 2.03. The van der Waals surface area contributed by atoms with Crippen LogP contribution in [0.3, 0.4) is 0 Å². The molecule has 0 aliphatic rings. The zero-order chi connectivity index (χ0) is 14.4. The number of carbonyl (C=O) groups is 1. The summed E-state index contributed by atoms with van der Waals surface area (Å²) in [6.07, 6.45) is 3.23. The van der Waals surface area contributed by atoms with Crippen molar-refractivity contribution in [2.24, 2.45) is 0 Å². The van der Waals surface area contributed by atoms with E-state index in [1.54, 1.807) is 24.7 Å². The van der Waals surface area contributed by atoms with Gasteiger partial charge in [0.15, 0.2) is 0 Å². The van der Waals surface area contributed by atoms with Crippen molar-refractivity contribution < 1.29 is 9.90 Å². The number of aromatic amines is 1. The molecular weight excluding hydrogens is 254 g/mol. The fraction of sp³-hybridized carbons (Fsp3) is 0.200. The van der Waals surface area contributed by atoms with Crippen molar-refractivity contribution in [2.75, 3.05) is 6.61 Å². The van der Waals surface area contributed by atoms with E-state index in [-0.39, 0.29) is 12.5 Å². The largest absolute Gasteiger partial charge is 0.384 e. The standard InChI is InChI=1S/C15H15N3O2/c1-11-12(5-3-7-19)4-2-6-14(11)15(20)17-9-13-8-16-10-18-13/h2,4,6,8,10,19H,7,9H2,1H3,(H,16,18)(H,17,20). The lowest BCUT2D eigenvalue weighted by atomic mass is 10.0. The van der Waals surface area contributed by atoms with Crippen molar-refractivity contribution in [1.29, 1.82) is 0 Å². The first-order valence-corrected chi connectivity index (χ1v) is 6.17. The van der Waals surface area contributed by atoms with Gasteiger partial charge in [0.05, 0.1) is 18.6 Å². The first-order valence-electron chi connectivity index (χ1n) is 6.17. The summed E-state index contributed by atoms with van der Waals surface area (Å²) in [7, 11) is 0. The molecular formula is C15H15N3O2. The number of aliphatic hydroxyl groups is 1. The molecule has 1 aromatic carbocycles. The maximum Gasteiger partial charge on any atom is 0.251 e. The Morgan fingerprint density at radius 1 is 1.50 bits per heavy atom. The molecule has 0 unspecified atom stereocenters. The fourth-order valence-electron chi connectivity index (χ4n) is 1.80. The van der Waals surface area contributed by atoms with Crippen LogP contribution in [0.4, 0.5) is 0 Å². The minimum atomic E-state index is -0.199. The predicted molar refractivity (Wildman–Crippen MR) is 74.9 cm³/mol. The van der Waals surface area contributed by atoms with Crippen LogP contribution in [0, 0.1) is 18.8 Å². The Hall–Kier alpha value is -2.58. The summed E-state index contributed by atoms with van der Waals surface area (Å²) in [4.78, 5) is 19.0. The molecule has 0 atom stereocenters. The van der Waals surface area contributed by atoms with E-state index in [1.807, 2.05) is 13.0 Å². The Labute approximate surface area is 117 Å². The average molecular weight is 269 g/mol. The number of hydrogen-bond acceptors (Lipinski definition) is 3. The van der Waals surface area contributed by atoms with Gasteiger partial charge in [0, 0.05) is 17.3 Å². The van der Waals surface area contributed by atoms with E-state index < -0.39 is 0 Å². The molecule has 1 heterocycles. The van der Waals surface area contributed by atoms with Crippen molar-refractivity contribution in [1.82, 2.24) is 15.3 Å². The summed E-state index contributed by atoms with van der Waals surface area (Å²) in [5.74, 6) is 5.26. The molecule has 5 heteroatoms. The normalized spacial score (nSPS) is 9.70. The van der Waals surface area contributed by atoms with E-state index in [1.165, 1.54) is 0 Å². The van der Waals surface area contributed by atoms with E-state index in [0.29, 0.717) is 12.1 Å². The highest BCUT2D eigenvalue weighted by atomic mass is 16.2. The number of hydrogen-bond donors (Lipinski definition) is 3. The summed E-state index contributed by atoms with van der Waals surface area (Å²) in [5.41, 5.74) is 2.96. The highest BCUT2D eigenvalue weighted by Gasteiger charge is 2.10. The molecule has 3 N–H and O–H groups in total. The van der Waals surface area contributed by atoms with Crippen LogP contribution in [0.25, 0.3) is 0 Å². The lowest BCUT2D eigenvalue weighted by Gasteiger charge is -2.08. The molecule has 2 aromatic rings. The van der Waals surface area contributed by atoms with Gasteiger partial charge in [0.25, 0.3) is 5.91 Å². The molecule has 5 nitrogen and oxygen atoms in total. The fourth-order valence-corrected chi connectivity index (χ4v) is 1.80. The molecule has 1 amide bonds. The van der Waals surface area contributed by atoms with Gasteiger partial charge < -0.3 is 15.4 Å². The lowest BCUT2D eigenvalue weighted by molar-refractivity contribution is 0.0950. The molecule has 0 saturated heterocycles. The van der Waals surface area contributed by atoms with Gasteiger partial charge in [-0.15, -0.1) is 0 Å². The van der Waals surface area contributed by atoms with Crippen molar-refractivity contribution in [3.8, 4) is 11.8 Å². The van der Waals surface area contributed by atoms with E-state index in [4.69, 9.17) is 5.11 Å². The SMILES string of the molecule is Cc1c(C#CCO)cccc1C(=O)NCc1cnc[nH]1. The van der Waals surface area contributed by atoms with Crippen molar-refractivity contribution >= 4 is 5.91 Å². The monoisotopic (exact) mass is 269 g/mol. The number of rotatable bonds is 3. The first-order chi connectivity index (χ1) is 9.72. The van der Waals surface area contributed by atoms with Crippen LogP contribution in [0.1, 0.15) is 27.2 Å². The quantitative estimate of drug-likeness (QED) is 0.727. The Morgan fingerprint density at radius 2 is 2.35 bits per heavy atom. The van der Waals surface area contributed by atoms with E-state index in [0.717, 1.165) is 16.8 Å². The third kappa shape index (κ3) is 3.25. The molecule has 0 fully saturated rings. The first kappa shape index (κ1) is 13.8. The molecule has 20 heavy (non-hydrogen) atoms.